The molecule has 2 aromatic rings. The number of aryl methyl sites for hydroxylation is 1. The first kappa shape index (κ1) is 11.0. The van der Waals surface area contributed by atoms with Gasteiger partial charge < -0.3 is 4.74 Å². The van der Waals surface area contributed by atoms with Crippen molar-refractivity contribution in [1.29, 1.82) is 0 Å². The third-order valence-corrected chi connectivity index (χ3v) is 3.36. The molecule has 0 saturated carbocycles. The second-order valence-corrected chi connectivity index (χ2v) is 4.42. The zero-order valence-corrected chi connectivity index (χ0v) is 10.3. The molecule has 0 unspecified atom stereocenters. The summed E-state index contributed by atoms with van der Waals surface area (Å²) in [5.74, 6) is 0.814. The van der Waals surface area contributed by atoms with Gasteiger partial charge in [0.05, 0.1) is 5.56 Å². The number of carbonyl (C=O) groups is 1. The number of ketones is 1. The van der Waals surface area contributed by atoms with Crippen LogP contribution in [0.25, 0.3) is 0 Å². The number of hydrogen-bond donors (Lipinski definition) is 0. The summed E-state index contributed by atoms with van der Waals surface area (Å²) in [5, 5.41) is 0. The molecular formula is C16H14O2. The molecule has 3 rings (SSSR count). The van der Waals surface area contributed by atoms with Gasteiger partial charge in [0.2, 0.25) is 0 Å². The van der Waals surface area contributed by atoms with E-state index in [2.05, 4.69) is 6.92 Å². The Morgan fingerprint density at radius 1 is 1.06 bits per heavy atom. The molecule has 0 fully saturated rings. The fourth-order valence-corrected chi connectivity index (χ4v) is 2.38. The van der Waals surface area contributed by atoms with Crippen molar-refractivity contribution < 1.29 is 9.53 Å². The van der Waals surface area contributed by atoms with Crippen molar-refractivity contribution in [3.05, 3.63) is 64.7 Å². The van der Waals surface area contributed by atoms with Crippen LogP contribution in [0, 0.1) is 0 Å². The Labute approximate surface area is 106 Å². The van der Waals surface area contributed by atoms with E-state index in [1.807, 2.05) is 42.5 Å². The van der Waals surface area contributed by atoms with Crippen molar-refractivity contribution in [2.75, 3.05) is 0 Å². The first-order chi connectivity index (χ1) is 8.81. The summed E-state index contributed by atoms with van der Waals surface area (Å²) in [6, 6.07) is 13.4. The summed E-state index contributed by atoms with van der Waals surface area (Å²) in [5.41, 5.74) is 3.48. The van der Waals surface area contributed by atoms with Crippen LogP contribution >= 0.6 is 0 Å². The SMILES string of the molecule is CCc1cccc2c1OCc1ccccc1C2=O. The number of para-hydroxylation sites is 1. The van der Waals surface area contributed by atoms with Crippen LogP contribution in [0.4, 0.5) is 0 Å². The summed E-state index contributed by atoms with van der Waals surface area (Å²) < 4.78 is 5.85. The van der Waals surface area contributed by atoms with Crippen LogP contribution in [0.5, 0.6) is 5.75 Å². The van der Waals surface area contributed by atoms with E-state index >= 15 is 0 Å². The lowest BCUT2D eigenvalue weighted by Crippen LogP contribution is -2.03. The first-order valence-electron chi connectivity index (χ1n) is 6.18. The molecule has 2 nitrogen and oxygen atoms in total. The largest absolute Gasteiger partial charge is 0.488 e. The lowest BCUT2D eigenvalue weighted by Gasteiger charge is -2.10. The second kappa shape index (κ2) is 4.30. The summed E-state index contributed by atoms with van der Waals surface area (Å²) in [6.07, 6.45) is 0.868. The summed E-state index contributed by atoms with van der Waals surface area (Å²) in [4.78, 5) is 12.5. The zero-order chi connectivity index (χ0) is 12.5. The molecule has 0 atom stereocenters. The maximum Gasteiger partial charge on any atom is 0.197 e. The lowest BCUT2D eigenvalue weighted by molar-refractivity contribution is 0.103. The maximum atomic E-state index is 12.5. The molecule has 0 aliphatic carbocycles. The van der Waals surface area contributed by atoms with Crippen LogP contribution in [-0.4, -0.2) is 5.78 Å². The molecular weight excluding hydrogens is 224 g/mol. The van der Waals surface area contributed by atoms with Crippen molar-refractivity contribution in [2.45, 2.75) is 20.0 Å². The van der Waals surface area contributed by atoms with Gasteiger partial charge in [0.15, 0.2) is 5.78 Å². The van der Waals surface area contributed by atoms with Crippen LogP contribution in [0.15, 0.2) is 42.5 Å². The normalized spacial score (nSPS) is 13.3. The zero-order valence-electron chi connectivity index (χ0n) is 10.3. The van der Waals surface area contributed by atoms with E-state index in [-0.39, 0.29) is 5.78 Å². The molecule has 0 amide bonds. The Morgan fingerprint density at radius 3 is 2.67 bits per heavy atom. The summed E-state index contributed by atoms with van der Waals surface area (Å²) >= 11 is 0. The average Bonchev–Trinajstić information content (AvgIpc) is 2.57. The molecule has 0 saturated heterocycles. The van der Waals surface area contributed by atoms with Gasteiger partial charge in [-0.1, -0.05) is 43.3 Å². The van der Waals surface area contributed by atoms with Crippen LogP contribution in [0.3, 0.4) is 0 Å². The molecule has 0 bridgehead atoms. The minimum Gasteiger partial charge on any atom is -0.488 e. The minimum absolute atomic E-state index is 0.0633. The highest BCUT2D eigenvalue weighted by molar-refractivity contribution is 6.12. The van der Waals surface area contributed by atoms with Gasteiger partial charge in [-0.25, -0.2) is 0 Å². The monoisotopic (exact) mass is 238 g/mol. The van der Waals surface area contributed by atoms with Gasteiger partial charge in [-0.2, -0.15) is 0 Å². The molecule has 0 N–H and O–H groups in total. The Kier molecular flexibility index (Phi) is 2.63. The molecule has 1 heterocycles. The minimum atomic E-state index is 0.0633. The number of hydrogen-bond acceptors (Lipinski definition) is 2. The van der Waals surface area contributed by atoms with Gasteiger partial charge in [0.1, 0.15) is 12.4 Å². The van der Waals surface area contributed by atoms with E-state index in [0.717, 1.165) is 28.9 Å². The molecule has 0 spiro atoms. The van der Waals surface area contributed by atoms with Gasteiger partial charge in [0.25, 0.3) is 0 Å². The number of benzene rings is 2. The summed E-state index contributed by atoms with van der Waals surface area (Å²) in [6.45, 7) is 2.54. The van der Waals surface area contributed by atoms with Gasteiger partial charge in [-0.3, -0.25) is 4.79 Å². The molecule has 1 aliphatic rings. The highest BCUT2D eigenvalue weighted by atomic mass is 16.5. The second-order valence-electron chi connectivity index (χ2n) is 4.42. The lowest BCUT2D eigenvalue weighted by atomic mass is 9.97. The molecule has 0 aromatic heterocycles. The molecule has 90 valence electrons. The number of fused-ring (bicyclic) bond motifs is 2. The van der Waals surface area contributed by atoms with E-state index in [1.54, 1.807) is 0 Å². The van der Waals surface area contributed by atoms with Crippen LogP contribution in [0.1, 0.15) is 34.0 Å². The highest BCUT2D eigenvalue weighted by Crippen LogP contribution is 2.31. The third-order valence-electron chi connectivity index (χ3n) is 3.36. The van der Waals surface area contributed by atoms with E-state index in [0.29, 0.717) is 12.2 Å². The highest BCUT2D eigenvalue weighted by Gasteiger charge is 2.23. The molecule has 1 aliphatic heterocycles. The van der Waals surface area contributed by atoms with Crippen molar-refractivity contribution in [1.82, 2.24) is 0 Å². The smallest absolute Gasteiger partial charge is 0.197 e. The quantitative estimate of drug-likeness (QED) is 0.761. The predicted molar refractivity (Wildman–Crippen MR) is 70.0 cm³/mol. The van der Waals surface area contributed by atoms with Crippen molar-refractivity contribution in [3.8, 4) is 5.75 Å². The Bertz CT molecular complexity index is 614. The molecule has 2 heteroatoms. The number of carbonyl (C=O) groups excluding carboxylic acids is 1. The van der Waals surface area contributed by atoms with Crippen LogP contribution < -0.4 is 4.74 Å². The fraction of sp³-hybridized carbons (Fsp3) is 0.188. The van der Waals surface area contributed by atoms with Crippen LogP contribution in [0.2, 0.25) is 0 Å². The molecule has 18 heavy (non-hydrogen) atoms. The van der Waals surface area contributed by atoms with Gasteiger partial charge in [-0.05, 0) is 18.1 Å². The van der Waals surface area contributed by atoms with Crippen molar-refractivity contribution in [3.63, 3.8) is 0 Å². The van der Waals surface area contributed by atoms with Gasteiger partial charge >= 0.3 is 0 Å². The Morgan fingerprint density at radius 2 is 1.83 bits per heavy atom. The van der Waals surface area contributed by atoms with Gasteiger partial charge in [-0.15, -0.1) is 0 Å². The molecule has 2 aromatic carbocycles. The Balaban J connectivity index is 2.21. The van der Waals surface area contributed by atoms with E-state index in [1.165, 1.54) is 0 Å². The summed E-state index contributed by atoms with van der Waals surface area (Å²) in [7, 11) is 0. The van der Waals surface area contributed by atoms with E-state index in [9.17, 15) is 4.79 Å². The number of rotatable bonds is 1. The van der Waals surface area contributed by atoms with Crippen LogP contribution in [-0.2, 0) is 13.0 Å². The average molecular weight is 238 g/mol. The maximum absolute atomic E-state index is 12.5. The standard InChI is InChI=1S/C16H14O2/c1-2-11-7-5-9-14-15(17)13-8-4-3-6-12(13)10-18-16(11)14/h3-9H,2,10H2,1H3. The van der Waals surface area contributed by atoms with Gasteiger partial charge in [0, 0.05) is 11.1 Å². The van der Waals surface area contributed by atoms with E-state index < -0.39 is 0 Å². The predicted octanol–water partition coefficient (Wildman–Crippen LogP) is 3.37. The third kappa shape index (κ3) is 1.61. The van der Waals surface area contributed by atoms with E-state index in [4.69, 9.17) is 4.74 Å². The Hall–Kier alpha value is -2.09. The number of ether oxygens (including phenoxy) is 1. The van der Waals surface area contributed by atoms with Crippen molar-refractivity contribution >= 4 is 5.78 Å². The fourth-order valence-electron chi connectivity index (χ4n) is 2.38. The topological polar surface area (TPSA) is 26.3 Å². The molecule has 0 radical (unpaired) electrons. The van der Waals surface area contributed by atoms with Crippen molar-refractivity contribution in [2.24, 2.45) is 0 Å². The first-order valence-corrected chi connectivity index (χ1v) is 6.18.